The Labute approximate surface area is 193 Å². The molecule has 0 radical (unpaired) electrons. The van der Waals surface area contributed by atoms with Gasteiger partial charge in [0.25, 0.3) is 0 Å². The number of rotatable bonds is 5. The summed E-state index contributed by atoms with van der Waals surface area (Å²) in [6.07, 6.45) is 16.1. The van der Waals surface area contributed by atoms with Gasteiger partial charge in [-0.25, -0.2) is 0 Å². The highest BCUT2D eigenvalue weighted by atomic mass is 16.3. The second kappa shape index (κ2) is 7.75. The maximum Gasteiger partial charge on any atom is 0.0814 e. The van der Waals surface area contributed by atoms with Crippen molar-refractivity contribution in [3.8, 4) is 0 Å². The van der Waals surface area contributed by atoms with E-state index < -0.39 is 0 Å². The minimum Gasteiger partial charge on any atom is -0.388 e. The van der Waals surface area contributed by atoms with Gasteiger partial charge in [-0.1, -0.05) is 98.0 Å². The maximum atomic E-state index is 11.3. The van der Waals surface area contributed by atoms with Crippen molar-refractivity contribution in [2.45, 2.75) is 119 Å². The molecule has 0 aromatic heterocycles. The third kappa shape index (κ3) is 3.34. The average molecular weight is 427 g/mol. The summed E-state index contributed by atoms with van der Waals surface area (Å²) in [7, 11) is 0. The number of aliphatic hydroxyl groups excluding tert-OH is 1. The normalized spacial score (nSPS) is 44.8. The lowest BCUT2D eigenvalue weighted by Gasteiger charge is -2.61. The standard InChI is InChI=1S/C30H50O/c1-20(2)10-9-11-21(3)22-14-18-29(7)23-12-13-25-27(4,5)17-16-26(31)30(25,8)24(23)15-19-28(22,29)6/h16-17,20-22,25-26,31H,9-15,18-19H2,1-8H3/t21-,22-,25?,26+,28-,29+,30-/m1/s1. The van der Waals surface area contributed by atoms with Crippen molar-refractivity contribution in [1.82, 2.24) is 0 Å². The first kappa shape index (κ1) is 23.6. The Morgan fingerprint density at radius 1 is 0.935 bits per heavy atom. The van der Waals surface area contributed by atoms with Crippen LogP contribution in [0.4, 0.5) is 0 Å². The van der Waals surface area contributed by atoms with Gasteiger partial charge >= 0.3 is 0 Å². The van der Waals surface area contributed by atoms with Crippen LogP contribution in [0.15, 0.2) is 23.3 Å². The van der Waals surface area contributed by atoms with Gasteiger partial charge in [-0.05, 0) is 78.4 Å². The summed E-state index contributed by atoms with van der Waals surface area (Å²) >= 11 is 0. The molecule has 4 rings (SSSR count). The second-order valence-electron chi connectivity index (χ2n) is 13.7. The zero-order chi connectivity index (χ0) is 22.8. The maximum absolute atomic E-state index is 11.3. The first-order valence-corrected chi connectivity index (χ1v) is 13.5. The van der Waals surface area contributed by atoms with Gasteiger partial charge in [0.2, 0.25) is 0 Å². The van der Waals surface area contributed by atoms with Crippen LogP contribution in [-0.4, -0.2) is 11.2 Å². The molecular weight excluding hydrogens is 376 g/mol. The molecule has 1 unspecified atom stereocenters. The van der Waals surface area contributed by atoms with Gasteiger partial charge in [-0.2, -0.15) is 0 Å². The van der Waals surface area contributed by atoms with E-state index in [9.17, 15) is 5.11 Å². The average Bonchev–Trinajstić information content (AvgIpc) is 2.96. The monoisotopic (exact) mass is 426 g/mol. The molecule has 0 aromatic rings. The van der Waals surface area contributed by atoms with E-state index in [1.807, 2.05) is 0 Å². The molecule has 4 aliphatic carbocycles. The Balaban J connectivity index is 1.66. The smallest absolute Gasteiger partial charge is 0.0814 e. The Hall–Kier alpha value is -0.560. The lowest BCUT2D eigenvalue weighted by atomic mass is 9.44. The zero-order valence-corrected chi connectivity index (χ0v) is 21.9. The number of allylic oxidation sites excluding steroid dienone is 2. The molecule has 0 spiro atoms. The van der Waals surface area contributed by atoms with Gasteiger partial charge < -0.3 is 5.11 Å². The van der Waals surface area contributed by atoms with Gasteiger partial charge in [0.15, 0.2) is 0 Å². The van der Waals surface area contributed by atoms with Crippen molar-refractivity contribution in [2.24, 2.45) is 45.3 Å². The Kier molecular flexibility index (Phi) is 5.90. The number of fused-ring (bicyclic) bond motifs is 4. The fourth-order valence-electron chi connectivity index (χ4n) is 9.25. The lowest BCUT2D eigenvalue weighted by Crippen LogP contribution is -2.54. The molecule has 0 heterocycles. The molecular formula is C30H50O. The van der Waals surface area contributed by atoms with Crippen molar-refractivity contribution < 1.29 is 5.11 Å². The van der Waals surface area contributed by atoms with Gasteiger partial charge in [-0.15, -0.1) is 0 Å². The third-order valence-corrected chi connectivity index (χ3v) is 11.4. The van der Waals surface area contributed by atoms with E-state index >= 15 is 0 Å². The molecule has 0 amide bonds. The summed E-state index contributed by atoms with van der Waals surface area (Å²) < 4.78 is 0. The van der Waals surface area contributed by atoms with Crippen LogP contribution in [0.2, 0.25) is 0 Å². The minimum atomic E-state index is -0.323. The Morgan fingerprint density at radius 2 is 1.65 bits per heavy atom. The molecule has 176 valence electrons. The third-order valence-electron chi connectivity index (χ3n) is 11.4. The van der Waals surface area contributed by atoms with Crippen LogP contribution in [0.5, 0.6) is 0 Å². The molecule has 1 fully saturated rings. The zero-order valence-electron chi connectivity index (χ0n) is 21.9. The number of hydrogen-bond donors (Lipinski definition) is 1. The first-order valence-electron chi connectivity index (χ1n) is 13.5. The summed E-state index contributed by atoms with van der Waals surface area (Å²) in [5.41, 5.74) is 4.31. The van der Waals surface area contributed by atoms with Crippen LogP contribution in [0.3, 0.4) is 0 Å². The van der Waals surface area contributed by atoms with Crippen molar-refractivity contribution in [1.29, 1.82) is 0 Å². The Bertz CT molecular complexity index is 756. The summed E-state index contributed by atoms with van der Waals surface area (Å²) in [4.78, 5) is 0. The van der Waals surface area contributed by atoms with E-state index in [1.54, 1.807) is 11.1 Å². The number of aliphatic hydroxyl groups is 1. The predicted octanol–water partition coefficient (Wildman–Crippen LogP) is 8.34. The van der Waals surface area contributed by atoms with E-state index in [1.165, 1.54) is 57.8 Å². The van der Waals surface area contributed by atoms with Crippen LogP contribution >= 0.6 is 0 Å². The molecule has 0 saturated heterocycles. The predicted molar refractivity (Wildman–Crippen MR) is 133 cm³/mol. The fourth-order valence-corrected chi connectivity index (χ4v) is 9.25. The SMILES string of the molecule is CC(C)CCC[C@@H](C)[C@H]1CC[C@@]2(C)C3=C(CC[C@]12C)[C@]1(C)C(CC3)C(C)(C)C=C[C@@H]1O. The summed E-state index contributed by atoms with van der Waals surface area (Å²) in [6.45, 7) is 19.8. The Morgan fingerprint density at radius 3 is 2.32 bits per heavy atom. The fraction of sp³-hybridized carbons (Fsp3) is 0.867. The first-order chi connectivity index (χ1) is 14.4. The molecule has 1 nitrogen and oxygen atoms in total. The van der Waals surface area contributed by atoms with E-state index in [2.05, 4.69) is 67.5 Å². The van der Waals surface area contributed by atoms with Crippen molar-refractivity contribution >= 4 is 0 Å². The van der Waals surface area contributed by atoms with E-state index in [4.69, 9.17) is 0 Å². The topological polar surface area (TPSA) is 20.2 Å². The highest BCUT2D eigenvalue weighted by Crippen LogP contribution is 2.72. The molecule has 1 N–H and O–H groups in total. The number of hydrogen-bond acceptors (Lipinski definition) is 1. The van der Waals surface area contributed by atoms with Crippen LogP contribution in [-0.2, 0) is 0 Å². The second-order valence-corrected chi connectivity index (χ2v) is 13.7. The van der Waals surface area contributed by atoms with Gasteiger partial charge in [0.1, 0.15) is 0 Å². The van der Waals surface area contributed by atoms with E-state index in [-0.39, 0.29) is 16.9 Å². The molecule has 0 aliphatic heterocycles. The van der Waals surface area contributed by atoms with Crippen LogP contribution < -0.4 is 0 Å². The summed E-state index contributed by atoms with van der Waals surface area (Å²) in [5.74, 6) is 3.08. The molecule has 1 heteroatoms. The lowest BCUT2D eigenvalue weighted by molar-refractivity contribution is -0.0364. The highest BCUT2D eigenvalue weighted by Gasteiger charge is 2.63. The van der Waals surface area contributed by atoms with E-state index in [0.717, 1.165) is 17.8 Å². The summed E-state index contributed by atoms with van der Waals surface area (Å²) in [6, 6.07) is 0. The van der Waals surface area contributed by atoms with Gasteiger partial charge in [0.05, 0.1) is 6.10 Å². The molecule has 7 atom stereocenters. The highest BCUT2D eigenvalue weighted by molar-refractivity contribution is 5.41. The molecule has 0 bridgehead atoms. The largest absolute Gasteiger partial charge is 0.388 e. The summed E-state index contributed by atoms with van der Waals surface area (Å²) in [5, 5.41) is 11.3. The molecule has 1 saturated carbocycles. The van der Waals surface area contributed by atoms with Crippen molar-refractivity contribution in [3.63, 3.8) is 0 Å². The van der Waals surface area contributed by atoms with Crippen molar-refractivity contribution in [2.75, 3.05) is 0 Å². The van der Waals surface area contributed by atoms with Gasteiger partial charge in [0, 0.05) is 5.41 Å². The van der Waals surface area contributed by atoms with Crippen LogP contribution in [0, 0.1) is 45.3 Å². The van der Waals surface area contributed by atoms with Crippen LogP contribution in [0.25, 0.3) is 0 Å². The quantitative estimate of drug-likeness (QED) is 0.438. The van der Waals surface area contributed by atoms with Gasteiger partial charge in [-0.3, -0.25) is 0 Å². The van der Waals surface area contributed by atoms with E-state index in [0.29, 0.717) is 16.7 Å². The van der Waals surface area contributed by atoms with Crippen LogP contribution in [0.1, 0.15) is 113 Å². The minimum absolute atomic E-state index is 0.0723. The van der Waals surface area contributed by atoms with Crippen molar-refractivity contribution in [3.05, 3.63) is 23.3 Å². The molecule has 31 heavy (non-hydrogen) atoms. The molecule has 0 aromatic carbocycles. The molecule has 4 aliphatic rings.